The molecule has 13 heteroatoms. The third kappa shape index (κ3) is 2.39. The number of hydrogen-bond donors (Lipinski definition) is 0. The van der Waals surface area contributed by atoms with Gasteiger partial charge in [-0.25, -0.2) is 8.42 Å². The molecule has 18 heavy (non-hydrogen) atoms. The maximum atomic E-state index is 12.5. The maximum Gasteiger partial charge on any atom is 0.427 e. The van der Waals surface area contributed by atoms with E-state index in [1.807, 2.05) is 0 Å². The van der Waals surface area contributed by atoms with Crippen molar-refractivity contribution in [3.8, 4) is 0 Å². The zero-order valence-corrected chi connectivity index (χ0v) is 9.08. The van der Waals surface area contributed by atoms with Crippen molar-refractivity contribution in [1.82, 2.24) is 0 Å². The predicted octanol–water partition coefficient (Wildman–Crippen LogP) is 3.50. The van der Waals surface area contributed by atoms with Gasteiger partial charge in [-0.2, -0.15) is 39.5 Å². The van der Waals surface area contributed by atoms with Crippen molar-refractivity contribution in [2.24, 2.45) is 0 Å². The fourth-order valence-corrected chi connectivity index (χ4v) is 1.32. The lowest BCUT2D eigenvalue weighted by molar-refractivity contribution is -0.269. The molecule has 0 aromatic heterocycles. The Kier molecular flexibility index (Phi) is 4.31. The summed E-state index contributed by atoms with van der Waals surface area (Å²) < 4.78 is 130. The third-order valence-corrected chi connectivity index (χ3v) is 2.96. The Morgan fingerprint density at radius 2 is 1.22 bits per heavy atom. The second-order valence-electron chi connectivity index (χ2n) is 2.68. The van der Waals surface area contributed by atoms with Gasteiger partial charge in [-0.1, -0.05) is 0 Å². The largest absolute Gasteiger partial charge is 0.427 e. The summed E-state index contributed by atoms with van der Waals surface area (Å²) in [5.74, 6) is -18.0. The van der Waals surface area contributed by atoms with Gasteiger partial charge >= 0.3 is 32.2 Å². The van der Waals surface area contributed by atoms with E-state index in [0.717, 1.165) is 0 Å². The molecule has 0 rings (SSSR count). The lowest BCUT2D eigenvalue weighted by atomic mass is 10.1. The average Bonchev–Trinajstić information content (AvgIpc) is 2.13. The monoisotopic (exact) mass is 330 g/mol. The smallest absolute Gasteiger partial charge is 0.206 e. The van der Waals surface area contributed by atoms with Crippen molar-refractivity contribution in [2.75, 3.05) is 0 Å². The molecule has 2 nitrogen and oxygen atoms in total. The van der Waals surface area contributed by atoms with E-state index in [0.29, 0.717) is 0 Å². The van der Waals surface area contributed by atoms with Gasteiger partial charge in [-0.05, 0) is 0 Å². The Hall–Kier alpha value is -0.650. The molecule has 0 aliphatic carbocycles. The van der Waals surface area contributed by atoms with E-state index in [9.17, 15) is 47.9 Å². The lowest BCUT2D eigenvalue weighted by Crippen LogP contribution is -2.57. The molecule has 0 atom stereocenters. The summed E-state index contributed by atoms with van der Waals surface area (Å²) >= 11 is 0. The summed E-state index contributed by atoms with van der Waals surface area (Å²) in [4.78, 5) is 0. The van der Waals surface area contributed by atoms with Crippen LogP contribution in [0.4, 0.5) is 39.5 Å². The third-order valence-electron chi connectivity index (χ3n) is 1.51. The van der Waals surface area contributed by atoms with Crippen LogP contribution in [0.25, 0.3) is 0 Å². The Morgan fingerprint density at radius 1 is 0.889 bits per heavy atom. The maximum absolute atomic E-state index is 12.5. The zero-order valence-electron chi connectivity index (χ0n) is 7.50. The van der Waals surface area contributed by atoms with Gasteiger partial charge in [0.05, 0.1) is 0 Å². The van der Waals surface area contributed by atoms with Gasteiger partial charge in [-0.15, -0.1) is 0 Å². The van der Waals surface area contributed by atoms with Crippen molar-refractivity contribution in [3.05, 3.63) is 11.9 Å². The zero-order chi connectivity index (χ0) is 15.2. The minimum atomic E-state index is -7.02. The standard InChI is InChI=1S/C5ClF9O2S/c6-18(16,17)5(14,15)4(12,13)3(10,11)1(7)2(8)9. The minimum Gasteiger partial charge on any atom is -0.206 e. The van der Waals surface area contributed by atoms with Gasteiger partial charge in [0, 0.05) is 10.7 Å². The van der Waals surface area contributed by atoms with Crippen LogP contribution in [-0.2, 0) is 9.05 Å². The summed E-state index contributed by atoms with van der Waals surface area (Å²) in [6, 6.07) is 0. The first-order valence-corrected chi connectivity index (χ1v) is 5.70. The molecule has 0 bridgehead atoms. The highest BCUT2D eigenvalue weighted by Crippen LogP contribution is 2.53. The number of alkyl halides is 6. The van der Waals surface area contributed by atoms with E-state index >= 15 is 0 Å². The number of rotatable bonds is 4. The molecule has 0 aliphatic rings. The van der Waals surface area contributed by atoms with Crippen molar-refractivity contribution in [1.29, 1.82) is 0 Å². The molecule has 0 unspecified atom stereocenters. The van der Waals surface area contributed by atoms with E-state index in [2.05, 4.69) is 10.7 Å². The number of halogens is 10. The quantitative estimate of drug-likeness (QED) is 0.584. The van der Waals surface area contributed by atoms with Gasteiger partial charge in [0.1, 0.15) is 0 Å². The molecule has 0 aromatic rings. The minimum absolute atomic E-state index is 3.78. The molecule has 0 saturated carbocycles. The second-order valence-corrected chi connectivity index (χ2v) is 5.29. The molecule has 0 saturated heterocycles. The van der Waals surface area contributed by atoms with Crippen molar-refractivity contribution >= 4 is 19.7 Å². The molecule has 0 radical (unpaired) electrons. The number of hydrogen-bond acceptors (Lipinski definition) is 2. The molecule has 0 aliphatic heterocycles. The molecular formula is C5ClF9O2S. The summed E-state index contributed by atoms with van der Waals surface area (Å²) in [5, 5.41) is -6.67. The van der Waals surface area contributed by atoms with Crippen LogP contribution in [0.2, 0.25) is 0 Å². The second kappa shape index (κ2) is 4.47. The van der Waals surface area contributed by atoms with E-state index in [4.69, 9.17) is 0 Å². The molecular weight excluding hydrogens is 331 g/mol. The predicted molar refractivity (Wildman–Crippen MR) is 40.0 cm³/mol. The molecule has 0 aromatic carbocycles. The molecule has 0 fully saturated rings. The molecule has 0 N–H and O–H groups in total. The lowest BCUT2D eigenvalue weighted by Gasteiger charge is -2.29. The molecule has 0 heterocycles. The summed E-state index contributed by atoms with van der Waals surface area (Å²) in [6.07, 6.45) is -4.01. The van der Waals surface area contributed by atoms with Gasteiger partial charge in [0.15, 0.2) is 0 Å². The van der Waals surface area contributed by atoms with E-state index in [-0.39, 0.29) is 0 Å². The number of allylic oxidation sites excluding steroid dienone is 1. The Bertz CT molecular complexity index is 463. The summed E-state index contributed by atoms with van der Waals surface area (Å²) in [7, 11) is -2.85. The fraction of sp³-hybridized carbons (Fsp3) is 0.600. The van der Waals surface area contributed by atoms with Gasteiger partial charge < -0.3 is 0 Å². The first kappa shape index (κ1) is 17.4. The van der Waals surface area contributed by atoms with E-state index < -0.39 is 38.1 Å². The van der Waals surface area contributed by atoms with Crippen LogP contribution < -0.4 is 0 Å². The van der Waals surface area contributed by atoms with Crippen LogP contribution in [0.1, 0.15) is 0 Å². The van der Waals surface area contributed by atoms with Crippen LogP contribution in [0.5, 0.6) is 0 Å². The highest BCUT2D eigenvalue weighted by atomic mass is 35.7. The SMILES string of the molecule is O=S(=O)(Cl)C(F)(F)C(F)(F)C(F)(F)C(F)=C(F)F. The van der Waals surface area contributed by atoms with Crippen LogP contribution in [-0.4, -0.2) is 25.5 Å². The van der Waals surface area contributed by atoms with Crippen LogP contribution in [0.3, 0.4) is 0 Å². The summed E-state index contributed by atoms with van der Waals surface area (Å²) in [6.45, 7) is 0. The van der Waals surface area contributed by atoms with Crippen LogP contribution in [0, 0.1) is 0 Å². The Labute approximate surface area is 97.4 Å². The van der Waals surface area contributed by atoms with Crippen molar-refractivity contribution in [2.45, 2.75) is 17.1 Å². The van der Waals surface area contributed by atoms with Crippen molar-refractivity contribution < 1.29 is 47.9 Å². The molecule has 108 valence electrons. The summed E-state index contributed by atoms with van der Waals surface area (Å²) in [5.41, 5.74) is 0. The topological polar surface area (TPSA) is 34.1 Å². The highest BCUT2D eigenvalue weighted by Gasteiger charge is 2.79. The first-order valence-electron chi connectivity index (χ1n) is 3.39. The molecule has 0 spiro atoms. The normalized spacial score (nSPS) is 14.6. The molecule has 0 amide bonds. The average molecular weight is 331 g/mol. The van der Waals surface area contributed by atoms with E-state index in [1.54, 1.807) is 0 Å². The first-order chi connectivity index (χ1) is 7.60. The van der Waals surface area contributed by atoms with Gasteiger partial charge in [0.2, 0.25) is 5.83 Å². The highest BCUT2D eigenvalue weighted by molar-refractivity contribution is 8.14. The fourth-order valence-electron chi connectivity index (χ4n) is 0.592. The van der Waals surface area contributed by atoms with Gasteiger partial charge in [-0.3, -0.25) is 0 Å². The van der Waals surface area contributed by atoms with Crippen molar-refractivity contribution in [3.63, 3.8) is 0 Å². The van der Waals surface area contributed by atoms with Gasteiger partial charge in [0.25, 0.3) is 0 Å². The van der Waals surface area contributed by atoms with E-state index in [1.165, 1.54) is 0 Å². The Morgan fingerprint density at radius 3 is 1.44 bits per heavy atom. The Balaban J connectivity index is 6.05. The van der Waals surface area contributed by atoms with Crippen LogP contribution >= 0.6 is 10.7 Å². The van der Waals surface area contributed by atoms with Crippen LogP contribution in [0.15, 0.2) is 11.9 Å².